The van der Waals surface area contributed by atoms with Crippen LogP contribution in [-0.2, 0) is 11.2 Å². The largest absolute Gasteiger partial charge is 0.497 e. The highest BCUT2D eigenvalue weighted by Crippen LogP contribution is 2.18. The van der Waals surface area contributed by atoms with Crippen LogP contribution in [0.25, 0.3) is 0 Å². The van der Waals surface area contributed by atoms with E-state index in [1.54, 1.807) is 14.2 Å². The third kappa shape index (κ3) is 3.22. The van der Waals surface area contributed by atoms with Crippen LogP contribution in [-0.4, -0.2) is 26.4 Å². The van der Waals surface area contributed by atoms with Gasteiger partial charge in [0.05, 0.1) is 12.7 Å². The summed E-state index contributed by atoms with van der Waals surface area (Å²) in [4.78, 5) is 0. The minimum absolute atomic E-state index is 0.283. The van der Waals surface area contributed by atoms with Gasteiger partial charge in [-0.2, -0.15) is 0 Å². The number of benzene rings is 1. The second kappa shape index (κ2) is 5.14. The fourth-order valence-corrected chi connectivity index (χ4v) is 1.40. The lowest BCUT2D eigenvalue weighted by Gasteiger charge is -2.26. The molecule has 0 amide bonds. The molecule has 0 aromatic heterocycles. The van der Waals surface area contributed by atoms with Gasteiger partial charge < -0.3 is 15.2 Å². The predicted octanol–water partition coefficient (Wildman–Crippen LogP) is 1.60. The Morgan fingerprint density at radius 3 is 2.20 bits per heavy atom. The molecule has 0 radical (unpaired) electrons. The van der Waals surface area contributed by atoms with Crippen LogP contribution in [0.2, 0.25) is 0 Å². The van der Waals surface area contributed by atoms with Crippen molar-refractivity contribution in [3.63, 3.8) is 0 Å². The Bertz CT molecular complexity index is 291. The van der Waals surface area contributed by atoms with Gasteiger partial charge in [0.2, 0.25) is 0 Å². The SMILES string of the molecule is COc1ccc(CC(C)(CN)OC)cc1. The molecule has 3 heteroatoms. The molecule has 1 aromatic carbocycles. The molecule has 0 spiro atoms. The average Bonchev–Trinajstić information content (AvgIpc) is 2.30. The van der Waals surface area contributed by atoms with Crippen molar-refractivity contribution >= 4 is 0 Å². The molecule has 1 unspecified atom stereocenters. The highest BCUT2D eigenvalue weighted by atomic mass is 16.5. The maximum absolute atomic E-state index is 5.67. The molecule has 84 valence electrons. The molecule has 0 fully saturated rings. The Balaban J connectivity index is 2.71. The highest BCUT2D eigenvalue weighted by molar-refractivity contribution is 5.28. The molecule has 0 heterocycles. The summed E-state index contributed by atoms with van der Waals surface area (Å²) in [5, 5.41) is 0. The number of rotatable bonds is 5. The van der Waals surface area contributed by atoms with E-state index in [4.69, 9.17) is 15.2 Å². The van der Waals surface area contributed by atoms with Crippen LogP contribution in [0, 0.1) is 0 Å². The third-order valence-corrected chi connectivity index (χ3v) is 2.66. The Kier molecular flexibility index (Phi) is 4.12. The van der Waals surface area contributed by atoms with Crippen molar-refractivity contribution in [1.29, 1.82) is 0 Å². The minimum atomic E-state index is -0.283. The molecule has 0 saturated heterocycles. The lowest BCUT2D eigenvalue weighted by atomic mass is 9.96. The van der Waals surface area contributed by atoms with E-state index in [0.29, 0.717) is 6.54 Å². The fourth-order valence-electron chi connectivity index (χ4n) is 1.40. The molecule has 0 aliphatic carbocycles. The topological polar surface area (TPSA) is 44.5 Å². The van der Waals surface area contributed by atoms with Crippen LogP contribution in [0.4, 0.5) is 0 Å². The summed E-state index contributed by atoms with van der Waals surface area (Å²) < 4.78 is 10.5. The molecule has 1 rings (SSSR count). The van der Waals surface area contributed by atoms with Gasteiger partial charge in [-0.25, -0.2) is 0 Å². The van der Waals surface area contributed by atoms with E-state index in [1.807, 2.05) is 31.2 Å². The molecular weight excluding hydrogens is 190 g/mol. The van der Waals surface area contributed by atoms with Gasteiger partial charge in [0, 0.05) is 20.1 Å². The zero-order valence-electron chi connectivity index (χ0n) is 9.62. The summed E-state index contributed by atoms with van der Waals surface area (Å²) in [6.45, 7) is 2.52. The number of hydrogen-bond donors (Lipinski definition) is 1. The molecule has 1 aromatic rings. The molecule has 0 aliphatic heterocycles. The Morgan fingerprint density at radius 2 is 1.80 bits per heavy atom. The van der Waals surface area contributed by atoms with Crippen LogP contribution in [0.1, 0.15) is 12.5 Å². The molecule has 2 N–H and O–H groups in total. The fraction of sp³-hybridized carbons (Fsp3) is 0.500. The van der Waals surface area contributed by atoms with E-state index < -0.39 is 0 Å². The van der Waals surface area contributed by atoms with Gasteiger partial charge in [-0.1, -0.05) is 12.1 Å². The summed E-state index contributed by atoms with van der Waals surface area (Å²) in [5.41, 5.74) is 6.59. The van der Waals surface area contributed by atoms with Gasteiger partial charge in [-0.15, -0.1) is 0 Å². The standard InChI is InChI=1S/C12H19NO2/c1-12(9-13,15-3)8-10-4-6-11(14-2)7-5-10/h4-7H,8-9,13H2,1-3H3. The van der Waals surface area contributed by atoms with Crippen molar-refractivity contribution in [2.45, 2.75) is 18.9 Å². The van der Waals surface area contributed by atoms with E-state index in [9.17, 15) is 0 Å². The zero-order chi connectivity index (χ0) is 11.3. The Hall–Kier alpha value is -1.06. The summed E-state index contributed by atoms with van der Waals surface area (Å²) in [6.07, 6.45) is 0.810. The molecule has 0 aliphatic rings. The normalized spacial score (nSPS) is 14.7. The first-order chi connectivity index (χ1) is 7.13. The van der Waals surface area contributed by atoms with E-state index in [-0.39, 0.29) is 5.60 Å². The Morgan fingerprint density at radius 1 is 1.20 bits per heavy atom. The van der Waals surface area contributed by atoms with Crippen molar-refractivity contribution in [2.75, 3.05) is 20.8 Å². The minimum Gasteiger partial charge on any atom is -0.497 e. The smallest absolute Gasteiger partial charge is 0.118 e. The van der Waals surface area contributed by atoms with E-state index in [1.165, 1.54) is 5.56 Å². The Labute approximate surface area is 91.2 Å². The molecule has 15 heavy (non-hydrogen) atoms. The van der Waals surface area contributed by atoms with Crippen molar-refractivity contribution in [3.8, 4) is 5.75 Å². The second-order valence-electron chi connectivity index (χ2n) is 3.88. The summed E-state index contributed by atoms with van der Waals surface area (Å²) in [5.74, 6) is 0.866. The van der Waals surface area contributed by atoms with Crippen LogP contribution < -0.4 is 10.5 Å². The van der Waals surface area contributed by atoms with Gasteiger partial charge in [0.15, 0.2) is 0 Å². The molecule has 3 nitrogen and oxygen atoms in total. The molecule has 0 saturated carbocycles. The average molecular weight is 209 g/mol. The number of methoxy groups -OCH3 is 2. The van der Waals surface area contributed by atoms with Gasteiger partial charge >= 0.3 is 0 Å². The lowest BCUT2D eigenvalue weighted by Crippen LogP contribution is -2.38. The first-order valence-corrected chi connectivity index (χ1v) is 5.02. The summed E-state index contributed by atoms with van der Waals surface area (Å²) in [6, 6.07) is 7.96. The monoisotopic (exact) mass is 209 g/mol. The van der Waals surface area contributed by atoms with Crippen LogP contribution in [0.5, 0.6) is 5.75 Å². The van der Waals surface area contributed by atoms with Crippen LogP contribution in [0.15, 0.2) is 24.3 Å². The van der Waals surface area contributed by atoms with E-state index >= 15 is 0 Å². The van der Waals surface area contributed by atoms with Crippen molar-refractivity contribution < 1.29 is 9.47 Å². The van der Waals surface area contributed by atoms with Crippen LogP contribution >= 0.6 is 0 Å². The van der Waals surface area contributed by atoms with Gasteiger partial charge in [-0.3, -0.25) is 0 Å². The first-order valence-electron chi connectivity index (χ1n) is 5.02. The predicted molar refractivity (Wildman–Crippen MR) is 61.2 cm³/mol. The number of hydrogen-bond acceptors (Lipinski definition) is 3. The first kappa shape index (κ1) is 12.0. The van der Waals surface area contributed by atoms with Crippen LogP contribution in [0.3, 0.4) is 0 Å². The number of ether oxygens (including phenoxy) is 2. The molecule has 0 bridgehead atoms. The maximum atomic E-state index is 5.67. The highest BCUT2D eigenvalue weighted by Gasteiger charge is 2.21. The quantitative estimate of drug-likeness (QED) is 0.801. The van der Waals surface area contributed by atoms with E-state index in [0.717, 1.165) is 12.2 Å². The second-order valence-corrected chi connectivity index (χ2v) is 3.88. The zero-order valence-corrected chi connectivity index (χ0v) is 9.62. The summed E-state index contributed by atoms with van der Waals surface area (Å²) >= 11 is 0. The van der Waals surface area contributed by atoms with Gasteiger partial charge in [0.1, 0.15) is 5.75 Å². The van der Waals surface area contributed by atoms with Crippen molar-refractivity contribution in [2.24, 2.45) is 5.73 Å². The molecular formula is C12H19NO2. The number of nitrogens with two attached hydrogens (primary N) is 1. The van der Waals surface area contributed by atoms with E-state index in [2.05, 4.69) is 0 Å². The van der Waals surface area contributed by atoms with Gasteiger partial charge in [-0.05, 0) is 24.6 Å². The van der Waals surface area contributed by atoms with Gasteiger partial charge in [0.25, 0.3) is 0 Å². The van der Waals surface area contributed by atoms with Crippen molar-refractivity contribution in [3.05, 3.63) is 29.8 Å². The maximum Gasteiger partial charge on any atom is 0.118 e. The lowest BCUT2D eigenvalue weighted by molar-refractivity contribution is 0.0143. The third-order valence-electron chi connectivity index (χ3n) is 2.66. The molecule has 1 atom stereocenters. The summed E-state index contributed by atoms with van der Waals surface area (Å²) in [7, 11) is 3.35. The van der Waals surface area contributed by atoms with Crippen molar-refractivity contribution in [1.82, 2.24) is 0 Å².